The van der Waals surface area contributed by atoms with Crippen molar-refractivity contribution in [1.82, 2.24) is 9.99 Å². The molecule has 2 aliphatic rings. The normalized spacial score (nSPS) is 19.8. The quantitative estimate of drug-likeness (QED) is 0.652. The van der Waals surface area contributed by atoms with Gasteiger partial charge in [-0.25, -0.2) is 13.8 Å². The lowest BCUT2D eigenvalue weighted by Crippen LogP contribution is -2.34. The molecule has 0 fully saturated rings. The summed E-state index contributed by atoms with van der Waals surface area (Å²) in [6, 6.07) is 13.1. The Morgan fingerprint density at radius 3 is 2.76 bits per heavy atom. The molecule has 0 saturated carbocycles. The van der Waals surface area contributed by atoms with Crippen LogP contribution < -0.4 is 9.47 Å². The van der Waals surface area contributed by atoms with Gasteiger partial charge in [-0.15, -0.1) is 0 Å². The van der Waals surface area contributed by atoms with Gasteiger partial charge in [-0.3, -0.25) is 4.98 Å². The summed E-state index contributed by atoms with van der Waals surface area (Å²) in [4.78, 5) is 4.17. The Balaban J connectivity index is 1.64. The first-order chi connectivity index (χ1) is 14.2. The second-order valence-corrected chi connectivity index (χ2v) is 6.91. The number of ether oxygens (including phenoxy) is 2. The third kappa shape index (κ3) is 2.90. The van der Waals surface area contributed by atoms with Crippen molar-refractivity contribution in [2.45, 2.75) is 18.7 Å². The first-order valence-corrected chi connectivity index (χ1v) is 9.20. The first kappa shape index (κ1) is 17.6. The molecule has 0 bridgehead atoms. The molecule has 2 aliphatic heterocycles. The van der Waals surface area contributed by atoms with Gasteiger partial charge in [0.05, 0.1) is 18.9 Å². The molecule has 7 heteroatoms. The van der Waals surface area contributed by atoms with E-state index in [0.717, 1.165) is 29.0 Å². The number of hydrazone groups is 1. The van der Waals surface area contributed by atoms with Gasteiger partial charge < -0.3 is 9.47 Å². The van der Waals surface area contributed by atoms with Crippen LogP contribution in [0.3, 0.4) is 0 Å². The van der Waals surface area contributed by atoms with Crippen LogP contribution in [-0.2, 0) is 0 Å². The molecule has 3 heterocycles. The van der Waals surface area contributed by atoms with Gasteiger partial charge in [0.1, 0.15) is 0 Å². The number of rotatable bonds is 3. The summed E-state index contributed by atoms with van der Waals surface area (Å²) in [5.74, 6) is -0.651. The van der Waals surface area contributed by atoms with E-state index in [0.29, 0.717) is 23.5 Å². The lowest BCUT2D eigenvalue weighted by atomic mass is 9.96. The van der Waals surface area contributed by atoms with Crippen molar-refractivity contribution in [2.75, 3.05) is 7.11 Å². The van der Waals surface area contributed by atoms with E-state index in [4.69, 9.17) is 14.6 Å². The highest BCUT2D eigenvalue weighted by molar-refractivity contribution is 6.01. The third-order valence-corrected chi connectivity index (χ3v) is 5.22. The van der Waals surface area contributed by atoms with Gasteiger partial charge >= 0.3 is 0 Å². The van der Waals surface area contributed by atoms with Crippen molar-refractivity contribution in [3.8, 4) is 11.5 Å². The van der Waals surface area contributed by atoms with E-state index in [9.17, 15) is 8.78 Å². The molecular formula is C22H17F2N3O2. The highest BCUT2D eigenvalue weighted by atomic mass is 19.2. The lowest BCUT2D eigenvalue weighted by molar-refractivity contribution is -0.0211. The number of pyridine rings is 1. The second kappa shape index (κ2) is 6.84. The Kier molecular flexibility index (Phi) is 4.16. The van der Waals surface area contributed by atoms with Crippen LogP contribution in [0.1, 0.15) is 35.4 Å². The summed E-state index contributed by atoms with van der Waals surface area (Å²) in [5, 5.41) is 6.57. The van der Waals surface area contributed by atoms with Crippen LogP contribution in [-0.4, -0.2) is 22.8 Å². The fourth-order valence-corrected chi connectivity index (χ4v) is 3.84. The van der Waals surface area contributed by atoms with Crippen LogP contribution in [0, 0.1) is 11.6 Å². The van der Waals surface area contributed by atoms with Crippen molar-refractivity contribution in [1.29, 1.82) is 0 Å². The van der Waals surface area contributed by atoms with Crippen LogP contribution >= 0.6 is 0 Å². The topological polar surface area (TPSA) is 47.0 Å². The zero-order valence-corrected chi connectivity index (χ0v) is 15.5. The van der Waals surface area contributed by atoms with Gasteiger partial charge in [0, 0.05) is 35.5 Å². The fraction of sp³-hybridized carbons (Fsp3) is 0.182. The van der Waals surface area contributed by atoms with Crippen molar-refractivity contribution in [3.63, 3.8) is 0 Å². The Morgan fingerprint density at radius 1 is 1.10 bits per heavy atom. The molecule has 0 aliphatic carbocycles. The number of methoxy groups -OCH3 is 1. The molecule has 0 unspecified atom stereocenters. The van der Waals surface area contributed by atoms with E-state index in [1.54, 1.807) is 24.5 Å². The number of benzene rings is 2. The molecule has 2 aromatic carbocycles. The SMILES string of the molecule is COc1cccc2c1O[C@@H](c1ccc(F)c(F)c1)N1N=C(c3cccnc3)C[C@H]21. The van der Waals surface area contributed by atoms with Gasteiger partial charge in [0.25, 0.3) is 0 Å². The summed E-state index contributed by atoms with van der Waals surface area (Å²) in [6.45, 7) is 0. The predicted octanol–water partition coefficient (Wildman–Crippen LogP) is 4.61. The van der Waals surface area contributed by atoms with Crippen molar-refractivity contribution in [2.24, 2.45) is 5.10 Å². The third-order valence-electron chi connectivity index (χ3n) is 5.22. The van der Waals surface area contributed by atoms with Crippen LogP contribution in [0.2, 0.25) is 0 Å². The number of aromatic nitrogens is 1. The minimum absolute atomic E-state index is 0.123. The Labute approximate surface area is 166 Å². The molecule has 146 valence electrons. The summed E-state index contributed by atoms with van der Waals surface area (Å²) in [6.07, 6.45) is 3.39. The number of fused-ring (bicyclic) bond motifs is 3. The zero-order valence-electron chi connectivity index (χ0n) is 15.5. The molecule has 5 nitrogen and oxygen atoms in total. The molecule has 29 heavy (non-hydrogen) atoms. The first-order valence-electron chi connectivity index (χ1n) is 9.20. The Hall–Kier alpha value is -3.48. The summed E-state index contributed by atoms with van der Waals surface area (Å²) >= 11 is 0. The molecule has 0 spiro atoms. The largest absolute Gasteiger partial charge is 0.493 e. The van der Waals surface area contributed by atoms with Crippen LogP contribution in [0.4, 0.5) is 8.78 Å². The number of hydrogen-bond acceptors (Lipinski definition) is 5. The molecule has 0 amide bonds. The average molecular weight is 393 g/mol. The molecule has 0 saturated heterocycles. The number of nitrogens with zero attached hydrogens (tertiary/aromatic N) is 3. The van der Waals surface area contributed by atoms with Crippen molar-refractivity contribution in [3.05, 3.63) is 89.2 Å². The molecule has 1 aromatic heterocycles. The average Bonchev–Trinajstić information content (AvgIpc) is 3.21. The molecule has 5 rings (SSSR count). The van der Waals surface area contributed by atoms with E-state index in [-0.39, 0.29) is 6.04 Å². The minimum atomic E-state index is -0.927. The van der Waals surface area contributed by atoms with E-state index < -0.39 is 17.9 Å². The maximum absolute atomic E-state index is 13.9. The highest BCUT2D eigenvalue weighted by Crippen LogP contribution is 2.50. The van der Waals surface area contributed by atoms with Crippen molar-refractivity contribution >= 4 is 5.71 Å². The predicted molar refractivity (Wildman–Crippen MR) is 103 cm³/mol. The Morgan fingerprint density at radius 2 is 2.00 bits per heavy atom. The molecular weight excluding hydrogens is 376 g/mol. The fourth-order valence-electron chi connectivity index (χ4n) is 3.84. The molecule has 0 N–H and O–H groups in total. The minimum Gasteiger partial charge on any atom is -0.493 e. The molecule has 2 atom stereocenters. The standard InChI is InChI=1S/C22H17F2N3O2/c1-28-20-6-2-5-15-19-11-18(14-4-3-9-25-12-14)26-27(19)22(29-21(15)20)13-7-8-16(23)17(24)10-13/h2-10,12,19,22H,11H2,1H3/t19-,22+/m1/s1. The summed E-state index contributed by atoms with van der Waals surface area (Å²) in [5.41, 5.74) is 3.18. The second-order valence-electron chi connectivity index (χ2n) is 6.91. The molecule has 3 aromatic rings. The van der Waals surface area contributed by atoms with Crippen molar-refractivity contribution < 1.29 is 18.3 Å². The summed E-state index contributed by atoms with van der Waals surface area (Å²) in [7, 11) is 1.57. The van der Waals surface area contributed by atoms with Gasteiger partial charge in [-0.05, 0) is 24.3 Å². The van der Waals surface area contributed by atoms with E-state index in [1.165, 1.54) is 6.07 Å². The number of hydrogen-bond donors (Lipinski definition) is 0. The van der Waals surface area contributed by atoms with Crippen LogP contribution in [0.25, 0.3) is 0 Å². The number of halogens is 2. The van der Waals surface area contributed by atoms with Gasteiger partial charge in [0.2, 0.25) is 6.23 Å². The van der Waals surface area contributed by atoms with Crippen LogP contribution in [0.5, 0.6) is 11.5 Å². The smallest absolute Gasteiger partial charge is 0.214 e. The lowest BCUT2D eigenvalue weighted by Gasteiger charge is -2.38. The highest BCUT2D eigenvalue weighted by Gasteiger charge is 2.42. The molecule has 0 radical (unpaired) electrons. The van der Waals surface area contributed by atoms with E-state index >= 15 is 0 Å². The van der Waals surface area contributed by atoms with E-state index in [1.807, 2.05) is 30.3 Å². The van der Waals surface area contributed by atoms with Gasteiger partial charge in [-0.1, -0.05) is 24.3 Å². The van der Waals surface area contributed by atoms with E-state index in [2.05, 4.69) is 4.98 Å². The zero-order chi connectivity index (χ0) is 20.0. The monoisotopic (exact) mass is 393 g/mol. The maximum Gasteiger partial charge on any atom is 0.214 e. The van der Waals surface area contributed by atoms with Crippen LogP contribution in [0.15, 0.2) is 66.0 Å². The Bertz CT molecular complexity index is 1100. The maximum atomic E-state index is 13.9. The van der Waals surface area contributed by atoms with Gasteiger partial charge in [-0.2, -0.15) is 5.10 Å². The summed E-state index contributed by atoms with van der Waals surface area (Å²) < 4.78 is 39.1. The number of para-hydroxylation sites is 1. The van der Waals surface area contributed by atoms with Gasteiger partial charge in [0.15, 0.2) is 23.1 Å².